The number of piperidine rings is 1. The molecule has 1 amide bonds. The SMILES string of the molecule is CNCC(=O)N[C@@H](c1ccccc1-c1ccc(Cl)cc1)C1CCN(c2ccc(C(=O)CS(=O)(=O)c3ccc(C[C@H](CCN4CCOCC4)CSc4ccccc4)c(S(=O)(=O)C(F)(F)F)c3)cc2)CC1.Cl. The van der Waals surface area contributed by atoms with Crippen molar-refractivity contribution >= 4 is 72.8 Å². The van der Waals surface area contributed by atoms with Crippen LogP contribution in [0.3, 0.4) is 0 Å². The Hall–Kier alpha value is -4.46. The van der Waals surface area contributed by atoms with E-state index in [1.165, 1.54) is 23.9 Å². The van der Waals surface area contributed by atoms with E-state index < -0.39 is 46.5 Å². The summed E-state index contributed by atoms with van der Waals surface area (Å²) in [7, 11) is -8.88. The highest BCUT2D eigenvalue weighted by atomic mass is 35.5. The summed E-state index contributed by atoms with van der Waals surface area (Å²) in [5.74, 6) is -1.72. The van der Waals surface area contributed by atoms with Gasteiger partial charge < -0.3 is 20.3 Å². The molecule has 2 atom stereocenters. The molecule has 0 aromatic heterocycles. The van der Waals surface area contributed by atoms with Crippen molar-refractivity contribution in [3.8, 4) is 11.1 Å². The number of likely N-dealkylation sites (N-methyl/N-ethyl adjacent to an activating group) is 1. The smallest absolute Gasteiger partial charge is 0.379 e. The van der Waals surface area contributed by atoms with Crippen molar-refractivity contribution in [3.05, 3.63) is 143 Å². The van der Waals surface area contributed by atoms with Gasteiger partial charge in [-0.05, 0) is 134 Å². The lowest BCUT2D eigenvalue weighted by atomic mass is 9.82. The Morgan fingerprint density at radius 1 is 0.843 bits per heavy atom. The predicted octanol–water partition coefficient (Wildman–Crippen LogP) is 9.35. The zero-order chi connectivity index (χ0) is 49.2. The number of hydrogen-bond acceptors (Lipinski definition) is 11. The summed E-state index contributed by atoms with van der Waals surface area (Å²) in [6, 6.07) is 34.0. The molecule has 0 unspecified atom stereocenters. The van der Waals surface area contributed by atoms with Gasteiger partial charge in [0.25, 0.3) is 9.84 Å². The zero-order valence-corrected chi connectivity index (χ0v) is 42.6. The highest BCUT2D eigenvalue weighted by Gasteiger charge is 2.48. The largest absolute Gasteiger partial charge is 0.501 e. The number of alkyl halides is 3. The number of nitrogens with zero attached hydrogens (tertiary/aromatic N) is 2. The number of amides is 1. The Morgan fingerprint density at radius 3 is 2.16 bits per heavy atom. The third-order valence-electron chi connectivity index (χ3n) is 12.7. The van der Waals surface area contributed by atoms with Crippen LogP contribution >= 0.6 is 35.8 Å². The summed E-state index contributed by atoms with van der Waals surface area (Å²) in [6.07, 6.45) is 1.95. The number of carbonyl (C=O) groups excluding carboxylic acids is 2. The van der Waals surface area contributed by atoms with E-state index in [1.54, 1.807) is 19.2 Å². The number of benzene rings is 5. The summed E-state index contributed by atoms with van der Waals surface area (Å²) in [5.41, 5.74) is -2.02. The zero-order valence-electron chi connectivity index (χ0n) is 38.6. The maximum Gasteiger partial charge on any atom is 0.501 e. The molecule has 2 aliphatic rings. The van der Waals surface area contributed by atoms with Crippen molar-refractivity contribution in [2.45, 2.75) is 51.9 Å². The van der Waals surface area contributed by atoms with Crippen molar-refractivity contribution < 1.29 is 44.3 Å². The van der Waals surface area contributed by atoms with Gasteiger partial charge in [0.2, 0.25) is 5.91 Å². The van der Waals surface area contributed by atoms with E-state index in [9.17, 15) is 39.6 Å². The molecule has 2 saturated heterocycles. The van der Waals surface area contributed by atoms with E-state index in [1.807, 2.05) is 78.9 Å². The van der Waals surface area contributed by atoms with E-state index in [4.69, 9.17) is 16.3 Å². The number of rotatable bonds is 20. The van der Waals surface area contributed by atoms with Gasteiger partial charge in [0, 0.05) is 53.1 Å². The lowest BCUT2D eigenvalue weighted by molar-refractivity contribution is -0.121. The minimum atomic E-state index is -5.99. The van der Waals surface area contributed by atoms with Crippen LogP contribution in [0.25, 0.3) is 11.1 Å². The highest BCUT2D eigenvalue weighted by Crippen LogP contribution is 2.39. The Morgan fingerprint density at radius 2 is 1.50 bits per heavy atom. The molecule has 0 spiro atoms. The number of hydrogen-bond donors (Lipinski definition) is 2. The minimum Gasteiger partial charge on any atom is -0.379 e. The summed E-state index contributed by atoms with van der Waals surface area (Å²) in [4.78, 5) is 30.0. The molecule has 0 saturated carbocycles. The van der Waals surface area contributed by atoms with E-state index in [-0.39, 0.29) is 60.3 Å². The van der Waals surface area contributed by atoms with E-state index in [0.717, 1.165) is 52.2 Å². The molecule has 11 nitrogen and oxygen atoms in total. The van der Waals surface area contributed by atoms with Crippen molar-refractivity contribution in [3.63, 3.8) is 0 Å². The Balaban J connectivity index is 0.00000804. The molecule has 0 aliphatic carbocycles. The molecule has 2 fully saturated rings. The standard InChI is InChI=1S/C51H56ClF3N4O7S3.ClH/c1-56-33-49(61)57-50(46-10-6-5-9-45(46)37-11-16-41(52)17-12-37)39-22-25-59(26-23-39)42-18-13-38(14-19-42)47(60)35-68(62,63)44-20-15-40(48(32-44)69(64,65)51(53,54)55)31-36(21-24-58-27-29-66-30-28-58)34-67-43-7-3-2-4-8-43;/h2-20,32,36,39,50,56H,21-31,33-35H2,1H3,(H,57,61);1H/t36-,50+;/m0./s1. The quantitative estimate of drug-likeness (QED) is 0.0569. The highest BCUT2D eigenvalue weighted by molar-refractivity contribution is 7.99. The molecule has 5 aromatic rings. The Labute approximate surface area is 424 Å². The number of ketones is 1. The summed E-state index contributed by atoms with van der Waals surface area (Å²) in [6.45, 7) is 4.57. The number of carbonyl (C=O) groups is 2. The fourth-order valence-electron chi connectivity index (χ4n) is 8.93. The van der Waals surface area contributed by atoms with Gasteiger partial charge in [0.1, 0.15) is 5.75 Å². The molecule has 2 aliphatic heterocycles. The number of anilines is 1. The number of ether oxygens (including phenoxy) is 1. The molecular formula is C51H57Cl2F3N4O7S3. The van der Waals surface area contributed by atoms with Crippen molar-refractivity contribution in [1.29, 1.82) is 0 Å². The Bertz CT molecular complexity index is 2760. The second-order valence-electron chi connectivity index (χ2n) is 17.4. The summed E-state index contributed by atoms with van der Waals surface area (Å²) >= 11 is 7.70. The number of nitrogens with one attached hydrogen (secondary N) is 2. The average Bonchev–Trinajstić information content (AvgIpc) is 3.34. The first kappa shape index (κ1) is 54.9. The van der Waals surface area contributed by atoms with Gasteiger partial charge in [-0.1, -0.05) is 72.3 Å². The molecule has 2 heterocycles. The van der Waals surface area contributed by atoms with E-state index in [0.29, 0.717) is 69.2 Å². The maximum atomic E-state index is 14.3. The van der Waals surface area contributed by atoms with Crippen LogP contribution in [0.1, 0.15) is 46.8 Å². The number of thioether (sulfide) groups is 1. The van der Waals surface area contributed by atoms with Crippen LogP contribution in [0.4, 0.5) is 18.9 Å². The van der Waals surface area contributed by atoms with Crippen LogP contribution in [0, 0.1) is 11.8 Å². The molecule has 0 bridgehead atoms. The third-order valence-corrected chi connectivity index (χ3v) is 17.4. The topological polar surface area (TPSA) is 142 Å². The van der Waals surface area contributed by atoms with Crippen molar-refractivity contribution in [2.75, 3.05) is 75.9 Å². The molecule has 5 aromatic carbocycles. The molecule has 19 heteroatoms. The third kappa shape index (κ3) is 14.1. The van der Waals surface area contributed by atoms with Gasteiger partial charge in [-0.25, -0.2) is 16.8 Å². The summed E-state index contributed by atoms with van der Waals surface area (Å²) in [5, 5.41) is 6.81. The van der Waals surface area contributed by atoms with Gasteiger partial charge in [-0.2, -0.15) is 13.2 Å². The average molecular weight is 1060 g/mol. The molecule has 376 valence electrons. The lowest BCUT2D eigenvalue weighted by Crippen LogP contribution is -2.43. The molecule has 70 heavy (non-hydrogen) atoms. The first-order valence-corrected chi connectivity index (χ1v) is 27.3. The van der Waals surface area contributed by atoms with Gasteiger partial charge in [0.15, 0.2) is 15.6 Å². The van der Waals surface area contributed by atoms with Crippen LogP contribution in [-0.4, -0.2) is 110 Å². The number of sulfone groups is 2. The molecule has 0 radical (unpaired) electrons. The van der Waals surface area contributed by atoms with Crippen LogP contribution in [-0.2, 0) is 35.6 Å². The van der Waals surface area contributed by atoms with E-state index in [2.05, 4.69) is 20.4 Å². The minimum absolute atomic E-state index is 0. The normalized spacial score (nSPS) is 16.0. The van der Waals surface area contributed by atoms with Crippen molar-refractivity contribution in [1.82, 2.24) is 15.5 Å². The molecule has 2 N–H and O–H groups in total. The van der Waals surface area contributed by atoms with Gasteiger partial charge in [-0.15, -0.1) is 24.2 Å². The van der Waals surface area contributed by atoms with Gasteiger partial charge in [0.05, 0.1) is 35.6 Å². The molecule has 7 rings (SSSR count). The van der Waals surface area contributed by atoms with Gasteiger partial charge in [-0.3, -0.25) is 14.5 Å². The van der Waals surface area contributed by atoms with Crippen LogP contribution < -0.4 is 15.5 Å². The fourth-order valence-corrected chi connectivity index (χ4v) is 12.5. The maximum absolute atomic E-state index is 14.3. The van der Waals surface area contributed by atoms with Crippen molar-refractivity contribution in [2.24, 2.45) is 11.8 Å². The summed E-state index contributed by atoms with van der Waals surface area (Å²) < 4.78 is 102. The lowest BCUT2D eigenvalue weighted by Gasteiger charge is -2.38. The predicted molar refractivity (Wildman–Crippen MR) is 273 cm³/mol. The number of morpholine rings is 1. The van der Waals surface area contributed by atoms with Crippen LogP contribution in [0.5, 0.6) is 0 Å². The first-order valence-electron chi connectivity index (χ1n) is 22.8. The van der Waals surface area contributed by atoms with Gasteiger partial charge >= 0.3 is 5.51 Å². The molecular weight excluding hydrogens is 1000 g/mol. The van der Waals surface area contributed by atoms with E-state index >= 15 is 0 Å². The monoisotopic (exact) mass is 1060 g/mol. The second kappa shape index (κ2) is 24.8. The van der Waals surface area contributed by atoms with Crippen LogP contribution in [0.15, 0.2) is 136 Å². The van der Waals surface area contributed by atoms with Crippen LogP contribution in [0.2, 0.25) is 5.02 Å². The fraction of sp³-hybridized carbons (Fsp3) is 0.373. The Kier molecular flexibility index (Phi) is 19.4. The second-order valence-corrected chi connectivity index (χ2v) is 22.8. The number of halogens is 5. The number of Topliss-reactive ketones (excluding diaryl/α,β-unsaturated/α-hetero) is 1. The first-order chi connectivity index (χ1) is 33.0.